The first kappa shape index (κ1) is 75.4. The highest BCUT2D eigenvalue weighted by molar-refractivity contribution is 8.00. The molecule has 104 heavy (non-hydrogen) atoms. The Morgan fingerprint density at radius 3 is 0.721 bits per heavy atom. The lowest BCUT2D eigenvalue weighted by molar-refractivity contribution is -0.161. The number of halogens is 16. The van der Waals surface area contributed by atoms with E-state index >= 15 is 70.2 Å². The Labute approximate surface area is 588 Å². The first-order valence-corrected chi connectivity index (χ1v) is 34.0. The Kier molecular flexibility index (Phi) is 21.1. The number of ether oxygens (including phenoxy) is 4. The minimum Gasteiger partial charge on any atom is -0.390 e. The second-order valence-electron chi connectivity index (χ2n) is 24.2. The zero-order chi connectivity index (χ0) is 75.0. The third-order valence-corrected chi connectivity index (χ3v) is 22.9. The van der Waals surface area contributed by atoms with Gasteiger partial charge in [-0.05, 0) is 48.6 Å². The summed E-state index contributed by atoms with van der Waals surface area (Å²) in [6.07, 6.45) is -18.5. The number of aliphatic hydroxyl groups is 11. The number of hydrogen-bond acceptors (Lipinski definition) is 21. The summed E-state index contributed by atoms with van der Waals surface area (Å²) in [4.78, 5) is 7.11. The van der Waals surface area contributed by atoms with Crippen LogP contribution in [0.5, 0.6) is 0 Å². The van der Waals surface area contributed by atoms with Crippen LogP contribution in [0.2, 0.25) is 0 Å². The fraction of sp³-hybridized carbons (Fsp3) is 0.323. The van der Waals surface area contributed by atoms with E-state index in [1.54, 1.807) is 0 Å². The predicted molar refractivity (Wildman–Crippen MR) is 338 cm³/mol. The molecule has 9 heterocycles. The van der Waals surface area contributed by atoms with Crippen molar-refractivity contribution in [3.8, 4) is 44.5 Å². The van der Waals surface area contributed by atoms with Crippen molar-refractivity contribution in [1.82, 2.24) is 19.9 Å². The predicted octanol–water partition coefficient (Wildman–Crippen LogP) is 8.95. The molecule has 6 aliphatic heterocycles. The molecule has 4 aromatic carbocycles. The molecular weight excluding hydrogens is 1510 g/mol. The molecule has 0 saturated carbocycles. The van der Waals surface area contributed by atoms with E-state index in [4.69, 9.17) is 18.9 Å². The monoisotopic (exact) mass is 1560 g/mol. The van der Waals surface area contributed by atoms with Gasteiger partial charge in [-0.3, -0.25) is 0 Å². The maximum atomic E-state index is 17.4. The lowest BCUT2D eigenvalue weighted by Crippen LogP contribution is -2.51. The van der Waals surface area contributed by atoms with Gasteiger partial charge >= 0.3 is 0 Å². The summed E-state index contributed by atoms with van der Waals surface area (Å²) in [5.74, 6) is -38.5. The number of H-pyrrole nitrogens is 2. The molecule has 0 amide bonds. The average molecular weight is 1560 g/mol. The van der Waals surface area contributed by atoms with Crippen molar-refractivity contribution in [1.29, 1.82) is 0 Å². The van der Waals surface area contributed by atoms with Crippen LogP contribution in [0.25, 0.3) is 90.9 Å². The third-order valence-electron chi connectivity index (χ3n) is 17.7. The fourth-order valence-electron chi connectivity index (χ4n) is 12.2. The number of thioether (sulfide) groups is 4. The molecule has 13 N–H and O–H groups in total. The van der Waals surface area contributed by atoms with Gasteiger partial charge in [0.1, 0.15) is 82.8 Å². The molecule has 8 bridgehead atoms. The van der Waals surface area contributed by atoms with E-state index < -0.39 is 323 Å². The van der Waals surface area contributed by atoms with Crippen LogP contribution in [0.1, 0.15) is 29.7 Å². The van der Waals surface area contributed by atoms with Crippen molar-refractivity contribution in [2.75, 3.05) is 26.4 Å². The Hall–Kier alpha value is -6.84. The summed E-state index contributed by atoms with van der Waals surface area (Å²) in [6.45, 7) is -1.81. The molecule has 39 heteroatoms. The Morgan fingerprint density at radius 1 is 0.288 bits per heavy atom. The molecule has 0 unspecified atom stereocenters. The van der Waals surface area contributed by atoms with Crippen LogP contribution in [-0.4, -0.2) is 191 Å². The van der Waals surface area contributed by atoms with E-state index in [2.05, 4.69) is 19.9 Å². The maximum Gasteiger partial charge on any atom is 0.176 e. The Balaban J connectivity index is 1.14. The van der Waals surface area contributed by atoms with Crippen molar-refractivity contribution < 1.29 is 145 Å². The number of nitrogens with zero attached hydrogens (tertiary/aromatic N) is 2. The van der Waals surface area contributed by atoms with E-state index in [0.717, 1.165) is 0 Å². The zero-order valence-corrected chi connectivity index (χ0v) is 55.1. The minimum atomic E-state index is -2.39. The highest BCUT2D eigenvalue weighted by Crippen LogP contribution is 2.50. The van der Waals surface area contributed by atoms with Crippen molar-refractivity contribution in [2.24, 2.45) is 5.92 Å². The Bertz CT molecular complexity index is 4230. The zero-order valence-electron chi connectivity index (χ0n) is 51.8. The van der Waals surface area contributed by atoms with Gasteiger partial charge in [0.15, 0.2) is 93.1 Å². The molecule has 0 radical (unpaired) electrons. The van der Waals surface area contributed by atoms with E-state index in [1.807, 2.05) is 0 Å². The van der Waals surface area contributed by atoms with Crippen molar-refractivity contribution >= 4 is 93.4 Å². The van der Waals surface area contributed by atoms with Crippen LogP contribution in [0, 0.1) is 99.0 Å². The van der Waals surface area contributed by atoms with E-state index in [-0.39, 0.29) is 47.0 Å². The number of aromatic amines is 2. The molecule has 6 aliphatic rings. The normalized spacial score (nSPS) is 27.2. The summed E-state index contributed by atoms with van der Waals surface area (Å²) in [6, 6.07) is 2.79. The molecule has 4 fully saturated rings. The van der Waals surface area contributed by atoms with E-state index in [9.17, 15) is 56.2 Å². The fourth-order valence-corrected chi connectivity index (χ4v) is 16.5. The van der Waals surface area contributed by atoms with Gasteiger partial charge in [0.05, 0.1) is 97.1 Å². The van der Waals surface area contributed by atoms with Gasteiger partial charge < -0.3 is 85.1 Å². The summed E-state index contributed by atoms with van der Waals surface area (Å²) < 4.78 is 295. The lowest BCUT2D eigenvalue weighted by atomic mass is 9.98. The van der Waals surface area contributed by atoms with E-state index in [0.29, 0.717) is 48.6 Å². The lowest BCUT2D eigenvalue weighted by Gasteiger charge is -2.36. The van der Waals surface area contributed by atoms with Crippen LogP contribution >= 0.6 is 47.0 Å². The van der Waals surface area contributed by atoms with E-state index in [1.165, 1.54) is 6.92 Å². The molecule has 19 nitrogen and oxygen atoms in total. The standard InChI is InChI=1S/C65H48F16N4O15S4/c1-14-51(90)23(86)10-97-62(14)101-58-43(74)35(66)31(36(67)44(58)75)27-15-2-4-17(82-15)28(32-37(68)45(76)59(46(77)38(32)69)102-63-55(94)52(91)24(87)11-98-63)19-6-8-21(84-19)30(34-41(72)49(80)61(50(81)42(34)73)104-65-57(96)54(93)26(89)13-100-65)22-9-7-20(85-22)29(18-5-3-16(27)83-18)33-39(70)47(78)60(48(79)40(33)71)103-64-56(95)53(92)25(88)12-99-64/h2-9,14,23-26,51-57,62-65,82,85-96H,10-13H2,1H3/t14-,23-,24-,25-,26-,51-,52+,53+,54+,55-,56-,57-,62+,63+,64+,65+/m1/s1. The topological polar surface area (TPSA) is 317 Å². The number of aromatic nitrogens is 4. The number of aliphatic hydroxyl groups excluding tert-OH is 11. The summed E-state index contributed by atoms with van der Waals surface area (Å²) in [5.41, 5.74) is -27.4. The van der Waals surface area contributed by atoms with Gasteiger partial charge in [0.2, 0.25) is 0 Å². The van der Waals surface area contributed by atoms with Crippen LogP contribution < -0.4 is 0 Å². The van der Waals surface area contributed by atoms with Crippen molar-refractivity contribution in [3.05, 3.63) is 140 Å². The van der Waals surface area contributed by atoms with Gasteiger partial charge in [0, 0.05) is 50.2 Å². The van der Waals surface area contributed by atoms with Gasteiger partial charge in [-0.1, -0.05) is 54.0 Å². The second-order valence-corrected chi connectivity index (χ2v) is 28.6. The SMILES string of the molecule is C[C@@H]1[C@@H](O)[C@H](O)CO[C@H]1Sc1c(F)c(F)c(-c2c3nc(c(-c4c(F)c(F)c(S[C@@H]5OC[C@@H](O)[C@H](O)[C@H]5O)c(F)c4F)c4ccc([nH]4)c(-c4c(F)c(F)c(S[C@@H]5OC[C@@H](O)[C@H](O)[C@H]5O)c(F)c4F)c4nc(c(-c5c(F)c(F)c(S[C@@H]6OC[C@@H](O)[C@H](O)[C@H]6O)c(F)c5F)c5ccc2[nH]5)C=C4)C=C3)c(F)c1F. The van der Waals surface area contributed by atoms with Gasteiger partial charge in [-0.25, -0.2) is 80.2 Å². The smallest absolute Gasteiger partial charge is 0.176 e. The first-order chi connectivity index (χ1) is 49.2. The molecule has 7 aromatic rings. The number of benzene rings is 4. The highest BCUT2D eigenvalue weighted by atomic mass is 32.2. The first-order valence-electron chi connectivity index (χ1n) is 30.5. The van der Waals surface area contributed by atoms with Crippen LogP contribution in [0.3, 0.4) is 0 Å². The maximum absolute atomic E-state index is 17.4. The highest BCUT2D eigenvalue weighted by Gasteiger charge is 2.46. The number of rotatable bonds is 12. The molecular formula is C65H48F16N4O15S4. The van der Waals surface area contributed by atoms with Crippen LogP contribution in [-0.2, 0) is 18.9 Å². The molecule has 4 saturated heterocycles. The number of fused-ring (bicyclic) bond motifs is 8. The molecule has 13 rings (SSSR count). The summed E-state index contributed by atoms with van der Waals surface area (Å²) >= 11 is -0.736. The molecule has 3 aromatic heterocycles. The molecule has 554 valence electrons. The van der Waals surface area contributed by atoms with Gasteiger partial charge in [-0.2, -0.15) is 0 Å². The average Bonchev–Trinajstić information content (AvgIpc) is 1.23. The summed E-state index contributed by atoms with van der Waals surface area (Å²) in [5, 5.41) is 114. The van der Waals surface area contributed by atoms with Crippen molar-refractivity contribution in [2.45, 2.75) is 115 Å². The number of hydrogen-bond donors (Lipinski definition) is 13. The van der Waals surface area contributed by atoms with Crippen molar-refractivity contribution in [3.63, 3.8) is 0 Å². The van der Waals surface area contributed by atoms with Gasteiger partial charge in [0.25, 0.3) is 0 Å². The van der Waals surface area contributed by atoms with Crippen LogP contribution in [0.15, 0.2) is 43.8 Å². The molecule has 0 aliphatic carbocycles. The van der Waals surface area contributed by atoms with Crippen LogP contribution in [0.4, 0.5) is 70.2 Å². The molecule has 16 atom stereocenters. The molecule has 0 spiro atoms. The minimum absolute atomic E-state index is 0.00468. The second kappa shape index (κ2) is 29.0. The third kappa shape index (κ3) is 12.8. The van der Waals surface area contributed by atoms with Gasteiger partial charge in [-0.15, -0.1) is 0 Å². The summed E-state index contributed by atoms with van der Waals surface area (Å²) in [7, 11) is 0. The Morgan fingerprint density at radius 2 is 0.490 bits per heavy atom. The quantitative estimate of drug-likeness (QED) is 0.0401. The largest absolute Gasteiger partial charge is 0.390 e. The number of nitrogens with one attached hydrogen (secondary N) is 2.